The third-order valence-corrected chi connectivity index (χ3v) is 4.48. The summed E-state index contributed by atoms with van der Waals surface area (Å²) in [6.45, 7) is 4.80. The third-order valence-electron chi connectivity index (χ3n) is 3.80. The van der Waals surface area contributed by atoms with Gasteiger partial charge in [0.15, 0.2) is 6.61 Å². The molecule has 3 N–H and O–H groups in total. The smallest absolute Gasteiger partial charge is 0.341 e. The minimum atomic E-state index is -1.15. The molecule has 0 spiro atoms. The van der Waals surface area contributed by atoms with Gasteiger partial charge in [-0.15, -0.1) is 0 Å². The number of thiophene rings is 1. The maximum Gasteiger partial charge on any atom is 0.341 e. The molecule has 0 aliphatic carbocycles. The van der Waals surface area contributed by atoms with Crippen molar-refractivity contribution in [2.45, 2.75) is 26.4 Å². The number of benzene rings is 1. The summed E-state index contributed by atoms with van der Waals surface area (Å²) in [5, 5.41) is 25.6. The quantitative estimate of drug-likeness (QED) is 0.702. The number of hydrogen-bond acceptors (Lipinski definition) is 5. The molecule has 0 radical (unpaired) electrons. The molecule has 0 bridgehead atoms. The predicted octanol–water partition coefficient (Wildman–Crippen LogP) is 2.47. The highest BCUT2D eigenvalue weighted by atomic mass is 32.1. The minimum Gasteiger partial charge on any atom is -0.481 e. The maximum atomic E-state index is 12.4. The summed E-state index contributed by atoms with van der Waals surface area (Å²) in [6, 6.07) is 5.09. The van der Waals surface area contributed by atoms with Crippen LogP contribution in [-0.4, -0.2) is 35.2 Å². The van der Waals surface area contributed by atoms with Crippen LogP contribution in [0, 0.1) is 13.8 Å². The lowest BCUT2D eigenvalue weighted by Crippen LogP contribution is -2.38. The number of aliphatic hydroxyl groups is 1. The van der Waals surface area contributed by atoms with E-state index in [1.165, 1.54) is 11.3 Å². The van der Waals surface area contributed by atoms with Crippen LogP contribution in [0.25, 0.3) is 0 Å². The highest BCUT2D eigenvalue weighted by molar-refractivity contribution is 7.08. The molecule has 0 aliphatic rings. The standard InChI is InChI=1S/C18H21NO5S/c1-11-6-13(7-12(2)16(11)24-8-15(20)21)17(22)19-10-18(3,23)14-4-5-25-9-14/h4-7,9,23H,8,10H2,1-3H3,(H,19,22)(H,20,21). The van der Waals surface area contributed by atoms with Crippen molar-refractivity contribution in [1.29, 1.82) is 0 Å². The third kappa shape index (κ3) is 4.80. The molecule has 1 aromatic carbocycles. The minimum absolute atomic E-state index is 0.0813. The first-order valence-electron chi connectivity index (χ1n) is 7.70. The van der Waals surface area contributed by atoms with Crippen LogP contribution < -0.4 is 10.1 Å². The van der Waals surface area contributed by atoms with Gasteiger partial charge in [-0.2, -0.15) is 11.3 Å². The number of carboxylic acids is 1. The molecule has 25 heavy (non-hydrogen) atoms. The number of aliphatic carboxylic acids is 1. The van der Waals surface area contributed by atoms with Gasteiger partial charge in [0.2, 0.25) is 0 Å². The van der Waals surface area contributed by atoms with Crippen molar-refractivity contribution in [3.05, 3.63) is 51.2 Å². The van der Waals surface area contributed by atoms with Gasteiger partial charge in [0.05, 0.1) is 6.54 Å². The predicted molar refractivity (Wildman–Crippen MR) is 95.3 cm³/mol. The normalized spacial score (nSPS) is 13.1. The van der Waals surface area contributed by atoms with E-state index in [0.29, 0.717) is 22.4 Å². The van der Waals surface area contributed by atoms with Crippen molar-refractivity contribution < 1.29 is 24.5 Å². The second-order valence-electron chi connectivity index (χ2n) is 6.09. The topological polar surface area (TPSA) is 95.9 Å². The number of nitrogens with one attached hydrogen (secondary N) is 1. The van der Waals surface area contributed by atoms with Gasteiger partial charge in [-0.3, -0.25) is 4.79 Å². The first-order chi connectivity index (χ1) is 11.7. The molecule has 1 atom stereocenters. The second kappa shape index (κ2) is 7.67. The molecule has 7 heteroatoms. The SMILES string of the molecule is Cc1cc(C(=O)NCC(C)(O)c2ccsc2)cc(C)c1OCC(=O)O. The molecule has 2 rings (SSSR count). The largest absolute Gasteiger partial charge is 0.481 e. The average molecular weight is 363 g/mol. The van der Waals surface area contributed by atoms with Crippen molar-refractivity contribution >= 4 is 23.2 Å². The monoisotopic (exact) mass is 363 g/mol. The van der Waals surface area contributed by atoms with Gasteiger partial charge in [0, 0.05) is 5.56 Å². The van der Waals surface area contributed by atoms with Gasteiger partial charge >= 0.3 is 5.97 Å². The zero-order valence-corrected chi connectivity index (χ0v) is 15.1. The van der Waals surface area contributed by atoms with E-state index in [2.05, 4.69) is 5.32 Å². The van der Waals surface area contributed by atoms with Crippen LogP contribution >= 0.6 is 11.3 Å². The number of hydrogen-bond donors (Lipinski definition) is 3. The van der Waals surface area contributed by atoms with Crippen LogP contribution in [-0.2, 0) is 10.4 Å². The van der Waals surface area contributed by atoms with Crippen LogP contribution in [0.3, 0.4) is 0 Å². The number of carboxylic acid groups (broad SMARTS) is 1. The van der Waals surface area contributed by atoms with Crippen LogP contribution in [0.15, 0.2) is 29.0 Å². The average Bonchev–Trinajstić information content (AvgIpc) is 3.06. The van der Waals surface area contributed by atoms with E-state index < -0.39 is 18.2 Å². The summed E-state index contributed by atoms with van der Waals surface area (Å²) in [4.78, 5) is 23.0. The Kier molecular flexibility index (Phi) is 5.81. The first-order valence-corrected chi connectivity index (χ1v) is 8.64. The molecular weight excluding hydrogens is 342 g/mol. The summed E-state index contributed by atoms with van der Waals surface area (Å²) in [5.74, 6) is -0.910. The molecule has 6 nitrogen and oxygen atoms in total. The zero-order chi connectivity index (χ0) is 18.6. The second-order valence-corrected chi connectivity index (χ2v) is 6.87. The van der Waals surface area contributed by atoms with Crippen molar-refractivity contribution in [3.8, 4) is 5.75 Å². The van der Waals surface area contributed by atoms with E-state index in [-0.39, 0.29) is 12.5 Å². The lowest BCUT2D eigenvalue weighted by atomic mass is 9.99. The van der Waals surface area contributed by atoms with Gasteiger partial charge in [-0.1, -0.05) is 0 Å². The first kappa shape index (κ1) is 19.0. The Morgan fingerprint density at radius 3 is 2.44 bits per heavy atom. The van der Waals surface area contributed by atoms with E-state index in [9.17, 15) is 14.7 Å². The molecule has 134 valence electrons. The van der Waals surface area contributed by atoms with Crippen LogP contribution in [0.2, 0.25) is 0 Å². The Morgan fingerprint density at radius 1 is 1.28 bits per heavy atom. The van der Waals surface area contributed by atoms with Crippen LogP contribution in [0.5, 0.6) is 5.75 Å². The summed E-state index contributed by atoms with van der Waals surface area (Å²) in [5.41, 5.74) is 1.39. The van der Waals surface area contributed by atoms with E-state index in [0.717, 1.165) is 5.56 Å². The lowest BCUT2D eigenvalue weighted by molar-refractivity contribution is -0.139. The Balaban J connectivity index is 2.08. The molecule has 0 saturated heterocycles. The van der Waals surface area contributed by atoms with E-state index in [1.807, 2.05) is 16.8 Å². The van der Waals surface area contributed by atoms with Gasteiger partial charge in [-0.25, -0.2) is 4.79 Å². The molecule has 1 amide bonds. The number of aryl methyl sites for hydroxylation is 2. The highest BCUT2D eigenvalue weighted by Crippen LogP contribution is 2.25. The fourth-order valence-corrected chi connectivity index (χ4v) is 3.25. The number of carbonyl (C=O) groups is 2. The fraction of sp³-hybridized carbons (Fsp3) is 0.333. The fourth-order valence-electron chi connectivity index (χ4n) is 2.47. The van der Waals surface area contributed by atoms with Crippen molar-refractivity contribution in [2.24, 2.45) is 0 Å². The number of carbonyl (C=O) groups excluding carboxylic acids is 1. The van der Waals surface area contributed by atoms with Gasteiger partial charge in [0.25, 0.3) is 5.91 Å². The molecular formula is C18H21NO5S. The van der Waals surface area contributed by atoms with E-state index in [1.54, 1.807) is 32.9 Å². The van der Waals surface area contributed by atoms with Gasteiger partial charge in [-0.05, 0) is 66.4 Å². The van der Waals surface area contributed by atoms with Crippen molar-refractivity contribution in [2.75, 3.05) is 13.2 Å². The molecule has 1 unspecified atom stereocenters. The highest BCUT2D eigenvalue weighted by Gasteiger charge is 2.24. The summed E-state index contributed by atoms with van der Waals surface area (Å²) in [6.07, 6.45) is 0. The Bertz CT molecular complexity index is 745. The number of ether oxygens (including phenoxy) is 1. The molecule has 0 saturated carbocycles. The van der Waals surface area contributed by atoms with Gasteiger partial charge < -0.3 is 20.3 Å². The molecule has 1 aromatic heterocycles. The molecule has 1 heterocycles. The zero-order valence-electron chi connectivity index (χ0n) is 14.3. The van der Waals surface area contributed by atoms with Crippen molar-refractivity contribution in [3.63, 3.8) is 0 Å². The Morgan fingerprint density at radius 2 is 1.92 bits per heavy atom. The summed E-state index contributed by atoms with van der Waals surface area (Å²) in [7, 11) is 0. The lowest BCUT2D eigenvalue weighted by Gasteiger charge is -2.23. The Labute approximate surface area is 150 Å². The van der Waals surface area contributed by atoms with Gasteiger partial charge in [0.1, 0.15) is 11.4 Å². The van der Waals surface area contributed by atoms with E-state index in [4.69, 9.17) is 9.84 Å². The maximum absolute atomic E-state index is 12.4. The summed E-state index contributed by atoms with van der Waals surface area (Å²) >= 11 is 1.48. The number of rotatable bonds is 7. The van der Waals surface area contributed by atoms with Crippen LogP contribution in [0.4, 0.5) is 0 Å². The van der Waals surface area contributed by atoms with Crippen LogP contribution in [0.1, 0.15) is 34.0 Å². The molecule has 0 fully saturated rings. The van der Waals surface area contributed by atoms with E-state index >= 15 is 0 Å². The summed E-state index contributed by atoms with van der Waals surface area (Å²) < 4.78 is 5.26. The molecule has 0 aliphatic heterocycles. The van der Waals surface area contributed by atoms with Crippen molar-refractivity contribution in [1.82, 2.24) is 5.32 Å². The Hall–Kier alpha value is -2.38. The number of amides is 1. The molecule has 2 aromatic rings.